The topological polar surface area (TPSA) is 73.9 Å². The van der Waals surface area contributed by atoms with Gasteiger partial charge in [0.05, 0.1) is 19.8 Å². The number of esters is 1. The Morgan fingerprint density at radius 1 is 0.963 bits per heavy atom. The van der Waals surface area contributed by atoms with Crippen LogP contribution in [0.3, 0.4) is 0 Å². The van der Waals surface area contributed by atoms with E-state index in [1.165, 1.54) is 14.2 Å². The highest BCUT2D eigenvalue weighted by Crippen LogP contribution is 2.27. The maximum atomic E-state index is 13.1. The molecule has 0 heterocycles. The Morgan fingerprint density at radius 3 is 2.26 bits per heavy atom. The van der Waals surface area contributed by atoms with Gasteiger partial charge in [0, 0.05) is 12.6 Å². The molecule has 0 aliphatic rings. The number of hydrogen-bond acceptors (Lipinski definition) is 5. The average molecular weight is 379 g/mol. The molecular weight excluding hydrogens is 360 g/mol. The average Bonchev–Trinajstić information content (AvgIpc) is 2.65. The summed E-state index contributed by atoms with van der Waals surface area (Å²) in [6, 6.07) is 7.70. The Balaban J connectivity index is 1.78. The molecule has 0 bridgehead atoms. The van der Waals surface area contributed by atoms with E-state index in [0.717, 1.165) is 17.7 Å². The second-order valence-electron chi connectivity index (χ2n) is 5.52. The van der Waals surface area contributed by atoms with Crippen molar-refractivity contribution in [2.24, 2.45) is 0 Å². The largest absolute Gasteiger partial charge is 0.493 e. The van der Waals surface area contributed by atoms with Crippen molar-refractivity contribution in [3.63, 3.8) is 0 Å². The van der Waals surface area contributed by atoms with Gasteiger partial charge in [-0.15, -0.1) is 0 Å². The highest BCUT2D eigenvalue weighted by atomic mass is 19.1. The maximum Gasteiger partial charge on any atom is 0.338 e. The Bertz CT molecular complexity index is 805. The van der Waals surface area contributed by atoms with Gasteiger partial charge in [0.15, 0.2) is 18.1 Å². The summed E-state index contributed by atoms with van der Waals surface area (Å²) >= 11 is 0. The minimum Gasteiger partial charge on any atom is -0.493 e. The monoisotopic (exact) mass is 379 g/mol. The van der Waals surface area contributed by atoms with Crippen LogP contribution in [-0.2, 0) is 16.0 Å². The van der Waals surface area contributed by atoms with E-state index < -0.39 is 30.1 Å². The molecule has 1 N–H and O–H groups in total. The van der Waals surface area contributed by atoms with Crippen LogP contribution in [-0.4, -0.2) is 39.2 Å². The molecule has 27 heavy (non-hydrogen) atoms. The Kier molecular flexibility index (Phi) is 7.10. The van der Waals surface area contributed by atoms with Crippen LogP contribution in [0, 0.1) is 11.6 Å². The molecule has 1 amide bonds. The molecule has 0 aliphatic carbocycles. The zero-order chi connectivity index (χ0) is 19.8. The lowest BCUT2D eigenvalue weighted by molar-refractivity contribution is -0.124. The normalized spacial score (nSPS) is 10.2. The summed E-state index contributed by atoms with van der Waals surface area (Å²) in [7, 11) is 3.07. The zero-order valence-electron chi connectivity index (χ0n) is 14.9. The van der Waals surface area contributed by atoms with Crippen molar-refractivity contribution in [1.82, 2.24) is 5.32 Å². The van der Waals surface area contributed by atoms with E-state index in [-0.39, 0.29) is 5.56 Å². The van der Waals surface area contributed by atoms with E-state index in [1.54, 1.807) is 12.1 Å². The van der Waals surface area contributed by atoms with Crippen molar-refractivity contribution in [2.75, 3.05) is 27.4 Å². The molecule has 0 aliphatic heterocycles. The van der Waals surface area contributed by atoms with Gasteiger partial charge in [0.25, 0.3) is 5.91 Å². The molecule has 0 spiro atoms. The Labute approximate surface area is 155 Å². The molecule has 0 saturated carbocycles. The van der Waals surface area contributed by atoms with Gasteiger partial charge >= 0.3 is 5.97 Å². The quantitative estimate of drug-likeness (QED) is 0.714. The third-order valence-electron chi connectivity index (χ3n) is 3.62. The lowest BCUT2D eigenvalue weighted by atomic mass is 10.1. The molecule has 2 rings (SSSR count). The number of carbonyl (C=O) groups is 2. The van der Waals surface area contributed by atoms with Gasteiger partial charge in [-0.3, -0.25) is 4.79 Å². The molecule has 2 aromatic carbocycles. The van der Waals surface area contributed by atoms with Crippen LogP contribution in [0.5, 0.6) is 11.5 Å². The summed E-state index contributed by atoms with van der Waals surface area (Å²) in [6.07, 6.45) is 0.523. The number of nitrogens with one attached hydrogen (secondary N) is 1. The standard InChI is InChI=1S/C19H19F2NO5/c1-25-16-4-3-12(7-17(16)26-2)5-6-22-18(23)11-27-19(24)13-8-14(20)10-15(21)9-13/h3-4,7-10H,5-6,11H2,1-2H3,(H,22,23). The lowest BCUT2D eigenvalue weighted by Gasteiger charge is -2.10. The highest BCUT2D eigenvalue weighted by molar-refractivity contribution is 5.91. The van der Waals surface area contributed by atoms with Gasteiger partial charge in [0.1, 0.15) is 11.6 Å². The smallest absolute Gasteiger partial charge is 0.338 e. The van der Waals surface area contributed by atoms with Crippen molar-refractivity contribution >= 4 is 11.9 Å². The van der Waals surface area contributed by atoms with Crippen LogP contribution in [0.1, 0.15) is 15.9 Å². The third-order valence-corrected chi connectivity index (χ3v) is 3.62. The molecule has 0 radical (unpaired) electrons. The van der Waals surface area contributed by atoms with Crippen LogP contribution in [0.2, 0.25) is 0 Å². The molecule has 0 saturated heterocycles. The predicted molar refractivity (Wildman–Crippen MR) is 92.9 cm³/mol. The van der Waals surface area contributed by atoms with Crippen molar-refractivity contribution < 1.29 is 32.6 Å². The maximum absolute atomic E-state index is 13.1. The molecular formula is C19H19F2NO5. The Morgan fingerprint density at radius 2 is 1.63 bits per heavy atom. The minimum absolute atomic E-state index is 0.300. The molecule has 6 nitrogen and oxygen atoms in total. The van der Waals surface area contributed by atoms with Gasteiger partial charge in [-0.1, -0.05) is 6.07 Å². The van der Waals surface area contributed by atoms with Crippen LogP contribution in [0.25, 0.3) is 0 Å². The molecule has 0 fully saturated rings. The third kappa shape index (κ3) is 5.95. The SMILES string of the molecule is COc1ccc(CCNC(=O)COC(=O)c2cc(F)cc(F)c2)cc1OC. The first kappa shape index (κ1) is 20.2. The predicted octanol–water partition coefficient (Wildman–Crippen LogP) is 2.50. The fourth-order valence-electron chi connectivity index (χ4n) is 2.32. The number of ether oxygens (including phenoxy) is 3. The number of rotatable bonds is 8. The van der Waals surface area contributed by atoms with Crippen LogP contribution in [0.4, 0.5) is 8.78 Å². The lowest BCUT2D eigenvalue weighted by Crippen LogP contribution is -2.30. The van der Waals surface area contributed by atoms with Crippen molar-refractivity contribution in [2.45, 2.75) is 6.42 Å². The second-order valence-corrected chi connectivity index (χ2v) is 5.52. The summed E-state index contributed by atoms with van der Waals surface area (Å²) in [5.41, 5.74) is 0.616. The summed E-state index contributed by atoms with van der Waals surface area (Å²) in [6.45, 7) is -0.247. The number of benzene rings is 2. The number of methoxy groups -OCH3 is 2. The zero-order valence-corrected chi connectivity index (χ0v) is 14.9. The van der Waals surface area contributed by atoms with E-state index in [9.17, 15) is 18.4 Å². The fourth-order valence-corrected chi connectivity index (χ4v) is 2.32. The number of amides is 1. The minimum atomic E-state index is -0.983. The molecule has 0 unspecified atom stereocenters. The van der Waals surface area contributed by atoms with Crippen LogP contribution >= 0.6 is 0 Å². The van der Waals surface area contributed by atoms with Gasteiger partial charge in [0.2, 0.25) is 0 Å². The fraction of sp³-hybridized carbons (Fsp3) is 0.263. The first-order valence-corrected chi connectivity index (χ1v) is 8.03. The molecule has 0 atom stereocenters. The molecule has 2 aromatic rings. The van der Waals surface area contributed by atoms with Crippen molar-refractivity contribution in [3.05, 3.63) is 59.2 Å². The van der Waals surface area contributed by atoms with E-state index in [2.05, 4.69) is 5.32 Å². The first-order valence-electron chi connectivity index (χ1n) is 8.03. The van der Waals surface area contributed by atoms with Gasteiger partial charge in [-0.05, 0) is 36.2 Å². The van der Waals surface area contributed by atoms with Gasteiger partial charge in [-0.25, -0.2) is 13.6 Å². The molecule has 0 aromatic heterocycles. The summed E-state index contributed by atoms with van der Waals surface area (Å²) in [5, 5.41) is 2.59. The Hall–Kier alpha value is -3.16. The summed E-state index contributed by atoms with van der Waals surface area (Å²) < 4.78 is 41.2. The van der Waals surface area contributed by atoms with E-state index in [4.69, 9.17) is 14.2 Å². The van der Waals surface area contributed by atoms with E-state index in [1.807, 2.05) is 6.07 Å². The first-order chi connectivity index (χ1) is 12.9. The van der Waals surface area contributed by atoms with E-state index >= 15 is 0 Å². The van der Waals surface area contributed by atoms with Crippen LogP contribution < -0.4 is 14.8 Å². The van der Waals surface area contributed by atoms with E-state index in [0.29, 0.717) is 30.5 Å². The van der Waals surface area contributed by atoms with Crippen molar-refractivity contribution in [3.8, 4) is 11.5 Å². The number of carbonyl (C=O) groups excluding carboxylic acids is 2. The summed E-state index contributed by atoms with van der Waals surface area (Å²) in [5.74, 6) is -2.13. The molecule has 8 heteroatoms. The second kappa shape index (κ2) is 9.51. The summed E-state index contributed by atoms with van der Waals surface area (Å²) in [4.78, 5) is 23.5. The molecule has 144 valence electrons. The number of hydrogen-bond donors (Lipinski definition) is 1. The van der Waals surface area contributed by atoms with Crippen molar-refractivity contribution in [1.29, 1.82) is 0 Å². The van der Waals surface area contributed by atoms with Gasteiger partial charge in [-0.2, -0.15) is 0 Å². The number of halogens is 2. The van der Waals surface area contributed by atoms with Gasteiger partial charge < -0.3 is 19.5 Å². The highest BCUT2D eigenvalue weighted by Gasteiger charge is 2.13. The van der Waals surface area contributed by atoms with Crippen LogP contribution in [0.15, 0.2) is 36.4 Å².